The molecule has 1 N–H and O–H groups in total. The van der Waals surface area contributed by atoms with Gasteiger partial charge in [-0.3, -0.25) is 0 Å². The minimum Gasteiger partial charge on any atom is -0.445 e. The van der Waals surface area contributed by atoms with Gasteiger partial charge in [-0.1, -0.05) is 30.3 Å². The molecule has 0 unspecified atom stereocenters. The molecule has 0 bridgehead atoms. The number of nitriles is 1. The summed E-state index contributed by atoms with van der Waals surface area (Å²) in [5, 5.41) is 11.4. The van der Waals surface area contributed by atoms with Crippen LogP contribution < -0.4 is 5.32 Å². The fourth-order valence-electron chi connectivity index (χ4n) is 2.96. The van der Waals surface area contributed by atoms with E-state index in [9.17, 15) is 4.79 Å². The summed E-state index contributed by atoms with van der Waals surface area (Å²) in [7, 11) is 0. The first-order valence-corrected chi connectivity index (χ1v) is 8.82. The van der Waals surface area contributed by atoms with Crippen LogP contribution in [0.4, 0.5) is 4.79 Å². The highest BCUT2D eigenvalue weighted by atomic mass is 16.5. The molecule has 0 saturated carbocycles. The van der Waals surface area contributed by atoms with Crippen LogP contribution in [0.3, 0.4) is 0 Å². The van der Waals surface area contributed by atoms with E-state index in [1.165, 1.54) is 0 Å². The number of benzene rings is 1. The molecule has 5 nitrogen and oxygen atoms in total. The van der Waals surface area contributed by atoms with Crippen LogP contribution in [0.25, 0.3) is 0 Å². The largest absolute Gasteiger partial charge is 0.445 e. The van der Waals surface area contributed by atoms with Crippen LogP contribution in [-0.4, -0.2) is 37.2 Å². The monoisotopic (exact) mass is 329 g/mol. The van der Waals surface area contributed by atoms with E-state index in [1.54, 1.807) is 0 Å². The molecule has 0 spiro atoms. The molecule has 0 atom stereocenters. The number of unbranched alkanes of at least 4 members (excludes halogenated alkanes) is 2. The Kier molecular flexibility index (Phi) is 8.12. The lowest BCUT2D eigenvalue weighted by Gasteiger charge is -2.31. The van der Waals surface area contributed by atoms with Gasteiger partial charge in [0.2, 0.25) is 0 Å². The second-order valence-corrected chi connectivity index (χ2v) is 6.34. The molecule has 1 aromatic rings. The highest BCUT2D eigenvalue weighted by molar-refractivity contribution is 5.67. The maximum atomic E-state index is 11.8. The van der Waals surface area contributed by atoms with Crippen molar-refractivity contribution in [2.24, 2.45) is 5.92 Å². The number of piperidine rings is 1. The molecule has 5 heteroatoms. The van der Waals surface area contributed by atoms with Gasteiger partial charge in [0.25, 0.3) is 0 Å². The van der Waals surface area contributed by atoms with E-state index < -0.39 is 0 Å². The van der Waals surface area contributed by atoms with E-state index >= 15 is 0 Å². The van der Waals surface area contributed by atoms with Gasteiger partial charge in [-0.15, -0.1) is 0 Å². The molecule has 1 heterocycles. The summed E-state index contributed by atoms with van der Waals surface area (Å²) in [4.78, 5) is 14.2. The van der Waals surface area contributed by atoms with E-state index in [-0.39, 0.29) is 6.09 Å². The van der Waals surface area contributed by atoms with Crippen molar-refractivity contribution in [2.45, 2.75) is 38.7 Å². The molecule has 1 aliphatic heterocycles. The van der Waals surface area contributed by atoms with Crippen molar-refractivity contribution >= 4 is 6.09 Å². The highest BCUT2D eigenvalue weighted by Gasteiger charge is 2.19. The van der Waals surface area contributed by atoms with E-state index in [2.05, 4.69) is 16.3 Å². The Hall–Kier alpha value is -2.06. The molecule has 1 fully saturated rings. The number of carbonyl (C=O) groups is 1. The Bertz CT molecular complexity index is 519. The summed E-state index contributed by atoms with van der Waals surface area (Å²) < 4.78 is 5.23. The van der Waals surface area contributed by atoms with Gasteiger partial charge in [-0.2, -0.15) is 5.26 Å². The topological polar surface area (TPSA) is 65.4 Å². The molecule has 0 aliphatic carbocycles. The number of carbonyl (C=O) groups excluding carboxylic acids is 1. The molecule has 1 aromatic carbocycles. The first kappa shape index (κ1) is 18.3. The van der Waals surface area contributed by atoms with Crippen molar-refractivity contribution in [1.82, 2.24) is 10.2 Å². The average Bonchev–Trinajstić information content (AvgIpc) is 2.64. The highest BCUT2D eigenvalue weighted by Crippen LogP contribution is 2.17. The minimum atomic E-state index is -0.335. The maximum Gasteiger partial charge on any atom is 0.407 e. The molecule has 1 saturated heterocycles. The zero-order valence-electron chi connectivity index (χ0n) is 14.2. The lowest BCUT2D eigenvalue weighted by Crippen LogP contribution is -2.39. The Morgan fingerprint density at radius 3 is 2.71 bits per heavy atom. The molecule has 24 heavy (non-hydrogen) atoms. The molecule has 1 amide bonds. The third-order valence-electron chi connectivity index (χ3n) is 4.47. The molecule has 0 aromatic heterocycles. The maximum absolute atomic E-state index is 11.8. The second kappa shape index (κ2) is 10.7. The third kappa shape index (κ3) is 7.01. The molecule has 0 radical (unpaired) electrons. The number of nitrogens with zero attached hydrogens (tertiary/aromatic N) is 2. The Labute approximate surface area is 144 Å². The smallest absolute Gasteiger partial charge is 0.407 e. The number of ether oxygens (including phenoxy) is 1. The normalized spacial score (nSPS) is 15.6. The van der Waals surface area contributed by atoms with Crippen LogP contribution in [0.5, 0.6) is 0 Å². The van der Waals surface area contributed by atoms with Gasteiger partial charge >= 0.3 is 6.09 Å². The number of hydrogen-bond acceptors (Lipinski definition) is 4. The summed E-state index contributed by atoms with van der Waals surface area (Å²) >= 11 is 0. The summed E-state index contributed by atoms with van der Waals surface area (Å²) in [6, 6.07) is 11.9. The van der Waals surface area contributed by atoms with Crippen molar-refractivity contribution in [3.8, 4) is 6.07 Å². The van der Waals surface area contributed by atoms with E-state index in [1.807, 2.05) is 30.3 Å². The number of likely N-dealkylation sites (tertiary alicyclic amines) is 1. The summed E-state index contributed by atoms with van der Waals surface area (Å²) in [6.45, 7) is 4.25. The van der Waals surface area contributed by atoms with Gasteiger partial charge in [-0.25, -0.2) is 4.79 Å². The fourth-order valence-corrected chi connectivity index (χ4v) is 2.96. The van der Waals surface area contributed by atoms with Gasteiger partial charge in [0, 0.05) is 13.0 Å². The molecular formula is C19H27N3O2. The van der Waals surface area contributed by atoms with Crippen molar-refractivity contribution in [3.63, 3.8) is 0 Å². The number of alkyl carbamates (subject to hydrolysis) is 1. The first-order chi connectivity index (χ1) is 11.8. The van der Waals surface area contributed by atoms with Crippen LogP contribution in [0.2, 0.25) is 0 Å². The van der Waals surface area contributed by atoms with Gasteiger partial charge in [0.05, 0.1) is 6.07 Å². The van der Waals surface area contributed by atoms with Crippen molar-refractivity contribution in [2.75, 3.05) is 26.2 Å². The zero-order valence-corrected chi connectivity index (χ0v) is 14.2. The van der Waals surface area contributed by atoms with Crippen LogP contribution >= 0.6 is 0 Å². The van der Waals surface area contributed by atoms with Crippen LogP contribution in [0.1, 0.15) is 37.7 Å². The van der Waals surface area contributed by atoms with E-state index in [0.29, 0.717) is 25.5 Å². The van der Waals surface area contributed by atoms with Crippen molar-refractivity contribution in [3.05, 3.63) is 35.9 Å². The van der Waals surface area contributed by atoms with Crippen molar-refractivity contribution < 1.29 is 9.53 Å². The molecule has 1 aliphatic rings. The summed E-state index contributed by atoms with van der Waals surface area (Å²) in [5.41, 5.74) is 0.998. The van der Waals surface area contributed by atoms with Crippen LogP contribution in [0, 0.1) is 17.2 Å². The van der Waals surface area contributed by atoms with Gasteiger partial charge < -0.3 is 15.0 Å². The quantitative estimate of drug-likeness (QED) is 0.743. The predicted octanol–water partition coefficient (Wildman–Crippen LogP) is 3.32. The lowest BCUT2D eigenvalue weighted by atomic mass is 9.96. The number of rotatable bonds is 8. The Morgan fingerprint density at radius 1 is 1.25 bits per heavy atom. The number of hydrogen-bond donors (Lipinski definition) is 1. The third-order valence-corrected chi connectivity index (χ3v) is 4.47. The summed E-state index contributed by atoms with van der Waals surface area (Å²) in [6.07, 6.45) is 4.63. The molecule has 130 valence electrons. The number of amides is 1. The minimum absolute atomic E-state index is 0.313. The fraction of sp³-hybridized carbons (Fsp3) is 0.579. The van der Waals surface area contributed by atoms with Crippen molar-refractivity contribution in [1.29, 1.82) is 5.26 Å². The lowest BCUT2D eigenvalue weighted by molar-refractivity contribution is 0.132. The molecular weight excluding hydrogens is 302 g/mol. The van der Waals surface area contributed by atoms with E-state index in [0.717, 1.165) is 50.9 Å². The van der Waals surface area contributed by atoms with E-state index in [4.69, 9.17) is 10.00 Å². The van der Waals surface area contributed by atoms with Gasteiger partial charge in [0.15, 0.2) is 0 Å². The summed E-state index contributed by atoms with van der Waals surface area (Å²) in [5.74, 6) is 0.532. The predicted molar refractivity (Wildman–Crippen MR) is 93.3 cm³/mol. The molecule has 2 rings (SSSR count). The first-order valence-electron chi connectivity index (χ1n) is 8.82. The Morgan fingerprint density at radius 2 is 2.00 bits per heavy atom. The SMILES string of the molecule is N#CCCCCN1CCC(CNC(=O)OCc2ccccc2)CC1. The zero-order chi connectivity index (χ0) is 17.0. The van der Waals surface area contributed by atoms with Crippen LogP contribution in [0.15, 0.2) is 30.3 Å². The van der Waals surface area contributed by atoms with Crippen LogP contribution in [-0.2, 0) is 11.3 Å². The average molecular weight is 329 g/mol. The number of nitrogens with one attached hydrogen (secondary N) is 1. The second-order valence-electron chi connectivity index (χ2n) is 6.34. The Balaban J connectivity index is 1.54. The van der Waals surface area contributed by atoms with Gasteiger partial charge in [0.1, 0.15) is 6.61 Å². The van der Waals surface area contributed by atoms with Gasteiger partial charge in [-0.05, 0) is 56.8 Å². The standard InChI is InChI=1S/C19H27N3O2/c20-11-5-2-6-12-22-13-9-17(10-14-22)15-21-19(23)24-16-18-7-3-1-4-8-18/h1,3-4,7-8,17H,2,5-6,9-10,12-16H2,(H,21,23).